The van der Waals surface area contributed by atoms with E-state index in [2.05, 4.69) is 5.32 Å². The van der Waals surface area contributed by atoms with E-state index < -0.39 is 0 Å². The summed E-state index contributed by atoms with van der Waals surface area (Å²) >= 11 is 0. The van der Waals surface area contributed by atoms with Gasteiger partial charge in [0.05, 0.1) is 0 Å². The number of nitrogens with one attached hydrogen (secondary N) is 1. The number of amides is 2. The van der Waals surface area contributed by atoms with Crippen LogP contribution in [0.5, 0.6) is 0 Å². The van der Waals surface area contributed by atoms with Crippen LogP contribution in [0.3, 0.4) is 0 Å². The fraction of sp³-hybridized carbons (Fsp3) is 0.529. The lowest BCUT2D eigenvalue weighted by atomic mass is 9.99. The van der Waals surface area contributed by atoms with Crippen LogP contribution in [-0.2, 0) is 9.53 Å². The third-order valence-corrected chi connectivity index (χ3v) is 4.36. The number of benzene rings is 1. The zero-order chi connectivity index (χ0) is 15.4. The van der Waals surface area contributed by atoms with Gasteiger partial charge in [0.2, 0.25) is 5.91 Å². The Morgan fingerprint density at radius 2 is 1.86 bits per heavy atom. The van der Waals surface area contributed by atoms with Gasteiger partial charge in [-0.2, -0.15) is 0 Å². The number of rotatable bonds is 3. The Morgan fingerprint density at radius 1 is 1.14 bits per heavy atom. The Bertz CT molecular complexity index is 547. The first-order valence-corrected chi connectivity index (χ1v) is 8.02. The number of nitrogens with zero attached hydrogens (tertiary/aromatic N) is 1. The quantitative estimate of drug-likeness (QED) is 0.932. The van der Waals surface area contributed by atoms with E-state index >= 15 is 0 Å². The molecule has 0 atom stereocenters. The van der Waals surface area contributed by atoms with Crippen LogP contribution >= 0.6 is 0 Å². The molecule has 0 bridgehead atoms. The summed E-state index contributed by atoms with van der Waals surface area (Å²) in [7, 11) is 0. The van der Waals surface area contributed by atoms with Crippen LogP contribution in [0.1, 0.15) is 36.0 Å². The molecule has 1 aromatic rings. The molecule has 2 heterocycles. The van der Waals surface area contributed by atoms with Crippen LogP contribution < -0.4 is 5.32 Å². The zero-order valence-electron chi connectivity index (χ0n) is 12.7. The number of carbonyl (C=O) groups excluding carboxylic acids is 2. The smallest absolute Gasteiger partial charge is 0.253 e. The molecule has 2 aliphatic rings. The monoisotopic (exact) mass is 302 g/mol. The largest absolute Gasteiger partial charge is 0.381 e. The van der Waals surface area contributed by atoms with Crippen molar-refractivity contribution >= 4 is 17.5 Å². The first-order valence-electron chi connectivity index (χ1n) is 8.02. The van der Waals surface area contributed by atoms with Crippen molar-refractivity contribution < 1.29 is 14.3 Å². The lowest BCUT2D eigenvalue weighted by molar-refractivity contribution is -0.122. The molecule has 1 aromatic carbocycles. The van der Waals surface area contributed by atoms with Gasteiger partial charge in [-0.3, -0.25) is 9.59 Å². The molecule has 2 amide bonds. The Morgan fingerprint density at radius 3 is 2.59 bits per heavy atom. The van der Waals surface area contributed by atoms with Crippen LogP contribution in [0.15, 0.2) is 24.3 Å². The molecule has 0 unspecified atom stereocenters. The fourth-order valence-electron chi connectivity index (χ4n) is 3.04. The van der Waals surface area contributed by atoms with E-state index in [-0.39, 0.29) is 17.7 Å². The third kappa shape index (κ3) is 3.47. The SMILES string of the molecule is O=C(Nc1cccc(C(=O)N2CCCC2)c1)C1CCOCC1. The molecule has 0 saturated carbocycles. The molecule has 0 radical (unpaired) electrons. The molecule has 0 aliphatic carbocycles. The standard InChI is InChI=1S/C17H22N2O3/c20-16(13-6-10-22-11-7-13)18-15-5-3-4-14(12-15)17(21)19-8-1-2-9-19/h3-5,12-13H,1-2,6-11H2,(H,18,20). The second kappa shape index (κ2) is 6.92. The molecule has 5 heteroatoms. The van der Waals surface area contributed by atoms with Crippen LogP contribution in [0, 0.1) is 5.92 Å². The maximum atomic E-state index is 12.4. The summed E-state index contributed by atoms with van der Waals surface area (Å²) in [6.07, 6.45) is 3.67. The van der Waals surface area contributed by atoms with Crippen LogP contribution in [0.2, 0.25) is 0 Å². The van der Waals surface area contributed by atoms with E-state index in [0.29, 0.717) is 24.5 Å². The molecule has 1 N–H and O–H groups in total. The predicted octanol–water partition coefficient (Wildman–Crippen LogP) is 2.29. The summed E-state index contributed by atoms with van der Waals surface area (Å²) in [5.41, 5.74) is 1.34. The van der Waals surface area contributed by atoms with Crippen molar-refractivity contribution in [1.29, 1.82) is 0 Å². The average Bonchev–Trinajstić information content (AvgIpc) is 3.09. The van der Waals surface area contributed by atoms with E-state index in [1.165, 1.54) is 0 Å². The molecule has 118 valence electrons. The van der Waals surface area contributed by atoms with Gasteiger partial charge in [-0.25, -0.2) is 0 Å². The normalized spacial score (nSPS) is 19.2. The topological polar surface area (TPSA) is 58.6 Å². The summed E-state index contributed by atoms with van der Waals surface area (Å²) < 4.78 is 5.28. The van der Waals surface area contributed by atoms with Crippen molar-refractivity contribution in [3.63, 3.8) is 0 Å². The highest BCUT2D eigenvalue weighted by Crippen LogP contribution is 2.20. The highest BCUT2D eigenvalue weighted by atomic mass is 16.5. The molecular formula is C17H22N2O3. The molecule has 22 heavy (non-hydrogen) atoms. The second-order valence-corrected chi connectivity index (χ2v) is 5.96. The van der Waals surface area contributed by atoms with Crippen molar-refractivity contribution in [2.24, 2.45) is 5.92 Å². The van der Waals surface area contributed by atoms with E-state index in [9.17, 15) is 9.59 Å². The maximum absolute atomic E-state index is 12.4. The number of hydrogen-bond donors (Lipinski definition) is 1. The average molecular weight is 302 g/mol. The van der Waals surface area contributed by atoms with Crippen LogP contribution in [0.25, 0.3) is 0 Å². The Hall–Kier alpha value is -1.88. The second-order valence-electron chi connectivity index (χ2n) is 5.96. The molecule has 2 fully saturated rings. The van der Waals surface area contributed by atoms with Crippen molar-refractivity contribution in [3.05, 3.63) is 29.8 Å². The van der Waals surface area contributed by atoms with Gasteiger partial charge in [0.15, 0.2) is 0 Å². The van der Waals surface area contributed by atoms with Gasteiger partial charge < -0.3 is 15.0 Å². The molecule has 3 rings (SSSR count). The molecular weight excluding hydrogens is 280 g/mol. The summed E-state index contributed by atoms with van der Waals surface area (Å²) in [5, 5.41) is 2.93. The Kier molecular flexibility index (Phi) is 4.73. The molecule has 0 aromatic heterocycles. The summed E-state index contributed by atoms with van der Waals surface area (Å²) in [5.74, 6) is 0.0837. The van der Waals surface area contributed by atoms with Gasteiger partial charge in [0.25, 0.3) is 5.91 Å². The fourth-order valence-corrected chi connectivity index (χ4v) is 3.04. The molecule has 2 saturated heterocycles. The maximum Gasteiger partial charge on any atom is 0.253 e. The van der Waals surface area contributed by atoms with Crippen molar-refractivity contribution in [2.45, 2.75) is 25.7 Å². The van der Waals surface area contributed by atoms with E-state index in [1.54, 1.807) is 6.07 Å². The van der Waals surface area contributed by atoms with E-state index in [0.717, 1.165) is 38.8 Å². The van der Waals surface area contributed by atoms with Crippen molar-refractivity contribution in [3.8, 4) is 0 Å². The van der Waals surface area contributed by atoms with Crippen molar-refractivity contribution in [2.75, 3.05) is 31.6 Å². The number of carbonyl (C=O) groups is 2. The summed E-state index contributed by atoms with van der Waals surface area (Å²) in [4.78, 5) is 26.5. The molecule has 5 nitrogen and oxygen atoms in total. The van der Waals surface area contributed by atoms with Crippen LogP contribution in [-0.4, -0.2) is 43.0 Å². The number of ether oxygens (including phenoxy) is 1. The number of likely N-dealkylation sites (tertiary alicyclic amines) is 1. The first kappa shape index (κ1) is 15.0. The minimum Gasteiger partial charge on any atom is -0.381 e. The van der Waals surface area contributed by atoms with Gasteiger partial charge in [-0.15, -0.1) is 0 Å². The third-order valence-electron chi connectivity index (χ3n) is 4.36. The van der Waals surface area contributed by atoms with E-state index in [1.807, 2.05) is 23.1 Å². The zero-order valence-corrected chi connectivity index (χ0v) is 12.7. The molecule has 2 aliphatic heterocycles. The van der Waals surface area contributed by atoms with Gasteiger partial charge in [0, 0.05) is 43.5 Å². The lowest BCUT2D eigenvalue weighted by Crippen LogP contribution is -2.29. The predicted molar refractivity (Wildman–Crippen MR) is 83.8 cm³/mol. The minimum absolute atomic E-state index is 0.00619. The van der Waals surface area contributed by atoms with Crippen molar-refractivity contribution in [1.82, 2.24) is 4.90 Å². The van der Waals surface area contributed by atoms with E-state index in [4.69, 9.17) is 4.74 Å². The summed E-state index contributed by atoms with van der Waals surface area (Å²) in [6.45, 7) is 2.95. The first-order chi connectivity index (χ1) is 10.7. The minimum atomic E-state index is 0.00619. The highest BCUT2D eigenvalue weighted by molar-refractivity contribution is 5.97. The molecule has 0 spiro atoms. The number of hydrogen-bond acceptors (Lipinski definition) is 3. The highest BCUT2D eigenvalue weighted by Gasteiger charge is 2.22. The number of anilines is 1. The Labute approximate surface area is 130 Å². The van der Waals surface area contributed by atoms with Gasteiger partial charge in [0.1, 0.15) is 0 Å². The lowest BCUT2D eigenvalue weighted by Gasteiger charge is -2.21. The van der Waals surface area contributed by atoms with Gasteiger partial charge >= 0.3 is 0 Å². The van der Waals surface area contributed by atoms with Crippen LogP contribution in [0.4, 0.5) is 5.69 Å². The Balaban J connectivity index is 1.65. The van der Waals surface area contributed by atoms with Gasteiger partial charge in [-0.05, 0) is 43.9 Å². The summed E-state index contributed by atoms with van der Waals surface area (Å²) in [6, 6.07) is 7.24. The van der Waals surface area contributed by atoms with Gasteiger partial charge in [-0.1, -0.05) is 6.07 Å².